The van der Waals surface area contributed by atoms with Gasteiger partial charge >= 0.3 is 0 Å². The second-order valence-corrected chi connectivity index (χ2v) is 2.34. The lowest BCUT2D eigenvalue weighted by molar-refractivity contribution is 0.372. The lowest BCUT2D eigenvalue weighted by atomic mass is 10.2. The summed E-state index contributed by atoms with van der Waals surface area (Å²) in [5.41, 5.74) is 1.91. The van der Waals surface area contributed by atoms with Gasteiger partial charge in [0.25, 0.3) is 0 Å². The summed E-state index contributed by atoms with van der Waals surface area (Å²) in [4.78, 5) is 0. The minimum absolute atomic E-state index is 0.762. The molecule has 0 aliphatic heterocycles. The van der Waals surface area contributed by atoms with Gasteiger partial charge in [0.05, 0.1) is 18.4 Å². The molecule has 0 unspecified atom stereocenters. The van der Waals surface area contributed by atoms with Gasteiger partial charge in [-0.3, -0.25) is 0 Å². The predicted octanol–water partition coefficient (Wildman–Crippen LogP) is 1.38. The highest BCUT2D eigenvalue weighted by molar-refractivity contribution is 5.55. The first kappa shape index (κ1) is 7.85. The number of aromatic nitrogens is 2. The van der Waals surface area contributed by atoms with Crippen molar-refractivity contribution in [3.8, 4) is 5.88 Å². The molecular formula is C8H12N2O. The van der Waals surface area contributed by atoms with E-state index in [1.165, 1.54) is 0 Å². The van der Waals surface area contributed by atoms with Crippen LogP contribution in [0.3, 0.4) is 0 Å². The van der Waals surface area contributed by atoms with Crippen LogP contribution in [-0.2, 0) is 7.05 Å². The molecule has 1 heterocycles. The molecule has 0 saturated carbocycles. The fourth-order valence-corrected chi connectivity index (χ4v) is 1.13. The van der Waals surface area contributed by atoms with E-state index in [2.05, 4.69) is 11.7 Å². The van der Waals surface area contributed by atoms with Crippen molar-refractivity contribution in [1.29, 1.82) is 0 Å². The number of aryl methyl sites for hydroxylation is 2. The van der Waals surface area contributed by atoms with Gasteiger partial charge in [-0.05, 0) is 6.92 Å². The smallest absolute Gasteiger partial charge is 0.218 e. The van der Waals surface area contributed by atoms with E-state index < -0.39 is 0 Å². The standard InChI is InChI=1S/C8H12N2O/c1-5-7-6(2)9-10(3)8(7)11-4/h5H,1H2,2-4H3. The van der Waals surface area contributed by atoms with E-state index in [4.69, 9.17) is 4.74 Å². The summed E-state index contributed by atoms with van der Waals surface area (Å²) in [6.45, 7) is 5.61. The molecule has 0 atom stereocenters. The van der Waals surface area contributed by atoms with Crippen molar-refractivity contribution >= 4 is 6.08 Å². The summed E-state index contributed by atoms with van der Waals surface area (Å²) in [5, 5.41) is 4.17. The number of ether oxygens (including phenoxy) is 1. The number of rotatable bonds is 2. The van der Waals surface area contributed by atoms with Crippen molar-refractivity contribution in [3.63, 3.8) is 0 Å². The lowest BCUT2D eigenvalue weighted by Gasteiger charge is -1.99. The first-order valence-electron chi connectivity index (χ1n) is 3.40. The monoisotopic (exact) mass is 152 g/mol. The van der Waals surface area contributed by atoms with Crippen molar-refractivity contribution in [1.82, 2.24) is 9.78 Å². The van der Waals surface area contributed by atoms with Crippen LogP contribution in [0.25, 0.3) is 6.08 Å². The Balaban J connectivity index is 3.28. The molecule has 0 aliphatic carbocycles. The highest BCUT2D eigenvalue weighted by Crippen LogP contribution is 2.21. The van der Waals surface area contributed by atoms with Crippen molar-refractivity contribution in [2.75, 3.05) is 7.11 Å². The maximum atomic E-state index is 5.12. The van der Waals surface area contributed by atoms with Gasteiger partial charge in [0.15, 0.2) is 0 Å². The third kappa shape index (κ3) is 1.13. The molecule has 60 valence electrons. The minimum atomic E-state index is 0.762. The molecule has 0 radical (unpaired) electrons. The molecule has 0 bridgehead atoms. The normalized spacial score (nSPS) is 9.73. The predicted molar refractivity (Wildman–Crippen MR) is 44.6 cm³/mol. The topological polar surface area (TPSA) is 27.1 Å². The van der Waals surface area contributed by atoms with Gasteiger partial charge in [-0.25, -0.2) is 4.68 Å². The zero-order valence-electron chi connectivity index (χ0n) is 7.09. The Morgan fingerprint density at radius 2 is 2.27 bits per heavy atom. The summed E-state index contributed by atoms with van der Waals surface area (Å²) < 4.78 is 6.82. The molecule has 0 N–H and O–H groups in total. The van der Waals surface area contributed by atoms with Gasteiger partial charge in [-0.2, -0.15) is 5.10 Å². The summed E-state index contributed by atoms with van der Waals surface area (Å²) in [7, 11) is 3.47. The van der Waals surface area contributed by atoms with Gasteiger partial charge in [0.1, 0.15) is 0 Å². The third-order valence-electron chi connectivity index (χ3n) is 1.61. The summed E-state index contributed by atoms with van der Waals surface area (Å²) in [6, 6.07) is 0. The molecule has 0 aromatic carbocycles. The van der Waals surface area contributed by atoms with Gasteiger partial charge in [0.2, 0.25) is 5.88 Å². The number of methoxy groups -OCH3 is 1. The Bertz CT molecular complexity index is 276. The van der Waals surface area contributed by atoms with Crippen LogP contribution in [0.5, 0.6) is 5.88 Å². The van der Waals surface area contributed by atoms with E-state index in [-0.39, 0.29) is 0 Å². The zero-order valence-corrected chi connectivity index (χ0v) is 7.09. The molecule has 1 rings (SSSR count). The molecule has 11 heavy (non-hydrogen) atoms. The van der Waals surface area contributed by atoms with Crippen LogP contribution in [0.15, 0.2) is 6.58 Å². The molecule has 0 spiro atoms. The molecule has 3 heteroatoms. The van der Waals surface area contributed by atoms with Gasteiger partial charge in [-0.1, -0.05) is 12.7 Å². The van der Waals surface area contributed by atoms with Gasteiger partial charge in [0, 0.05) is 7.05 Å². The van der Waals surface area contributed by atoms with Crippen LogP contribution in [0, 0.1) is 6.92 Å². The molecule has 0 aliphatic rings. The minimum Gasteiger partial charge on any atom is -0.481 e. The number of hydrogen-bond acceptors (Lipinski definition) is 2. The second-order valence-electron chi connectivity index (χ2n) is 2.34. The highest BCUT2D eigenvalue weighted by atomic mass is 16.5. The van der Waals surface area contributed by atoms with Gasteiger partial charge in [-0.15, -0.1) is 0 Å². The van der Waals surface area contributed by atoms with E-state index in [0.29, 0.717) is 0 Å². The van der Waals surface area contributed by atoms with E-state index >= 15 is 0 Å². The van der Waals surface area contributed by atoms with E-state index in [0.717, 1.165) is 17.1 Å². The average molecular weight is 152 g/mol. The van der Waals surface area contributed by atoms with Crippen LogP contribution in [0.1, 0.15) is 11.3 Å². The van der Waals surface area contributed by atoms with Crippen LogP contribution in [0.4, 0.5) is 0 Å². The van der Waals surface area contributed by atoms with Crippen LogP contribution < -0.4 is 4.74 Å². The van der Waals surface area contributed by atoms with Crippen LogP contribution >= 0.6 is 0 Å². The van der Waals surface area contributed by atoms with E-state index in [1.54, 1.807) is 17.9 Å². The molecule has 0 saturated heterocycles. The Labute approximate surface area is 66.3 Å². The summed E-state index contributed by atoms with van der Waals surface area (Å²) in [6.07, 6.45) is 1.75. The maximum Gasteiger partial charge on any atom is 0.218 e. The first-order valence-corrected chi connectivity index (χ1v) is 3.40. The SMILES string of the molecule is C=Cc1c(C)nn(C)c1OC. The van der Waals surface area contributed by atoms with Crippen molar-refractivity contribution in [2.45, 2.75) is 6.92 Å². The van der Waals surface area contributed by atoms with Crippen molar-refractivity contribution in [2.24, 2.45) is 7.05 Å². The zero-order chi connectivity index (χ0) is 8.43. The molecule has 3 nitrogen and oxygen atoms in total. The van der Waals surface area contributed by atoms with E-state index in [9.17, 15) is 0 Å². The quantitative estimate of drug-likeness (QED) is 0.640. The van der Waals surface area contributed by atoms with Gasteiger partial charge < -0.3 is 4.74 Å². The maximum absolute atomic E-state index is 5.12. The van der Waals surface area contributed by atoms with Crippen molar-refractivity contribution in [3.05, 3.63) is 17.8 Å². The lowest BCUT2D eigenvalue weighted by Crippen LogP contribution is -1.95. The van der Waals surface area contributed by atoms with Crippen molar-refractivity contribution < 1.29 is 4.74 Å². The Morgan fingerprint density at radius 3 is 2.64 bits per heavy atom. The summed E-state index contributed by atoms with van der Waals surface area (Å²) in [5.74, 6) is 0.762. The highest BCUT2D eigenvalue weighted by Gasteiger charge is 2.09. The Kier molecular flexibility index (Phi) is 1.98. The average Bonchev–Trinajstić information content (AvgIpc) is 2.24. The molecule has 0 amide bonds. The number of hydrogen-bond donors (Lipinski definition) is 0. The number of nitrogens with zero attached hydrogens (tertiary/aromatic N) is 2. The fraction of sp³-hybridized carbons (Fsp3) is 0.375. The Morgan fingerprint density at radius 1 is 1.64 bits per heavy atom. The first-order chi connectivity index (χ1) is 5.20. The molecular weight excluding hydrogens is 140 g/mol. The Hall–Kier alpha value is -1.25. The molecule has 1 aromatic heterocycles. The second kappa shape index (κ2) is 2.78. The third-order valence-corrected chi connectivity index (χ3v) is 1.61. The molecule has 1 aromatic rings. The fourth-order valence-electron chi connectivity index (χ4n) is 1.13. The molecule has 0 fully saturated rings. The van der Waals surface area contributed by atoms with E-state index in [1.807, 2.05) is 14.0 Å². The largest absolute Gasteiger partial charge is 0.481 e. The summed E-state index contributed by atoms with van der Waals surface area (Å²) >= 11 is 0. The van der Waals surface area contributed by atoms with Crippen LogP contribution in [-0.4, -0.2) is 16.9 Å². The van der Waals surface area contributed by atoms with Crippen LogP contribution in [0.2, 0.25) is 0 Å².